The van der Waals surface area contributed by atoms with Crippen LogP contribution in [-0.2, 0) is 9.53 Å². The van der Waals surface area contributed by atoms with Gasteiger partial charge in [0, 0.05) is 18.9 Å². The number of carbonyl (C=O) groups excluding carboxylic acids is 1. The van der Waals surface area contributed by atoms with Gasteiger partial charge in [-0.3, -0.25) is 4.79 Å². The third-order valence-electron chi connectivity index (χ3n) is 2.46. The van der Waals surface area contributed by atoms with Crippen molar-refractivity contribution < 1.29 is 9.53 Å². The highest BCUT2D eigenvalue weighted by molar-refractivity contribution is 5.91. The van der Waals surface area contributed by atoms with Crippen molar-refractivity contribution in [2.75, 3.05) is 0 Å². The second kappa shape index (κ2) is 4.16. The van der Waals surface area contributed by atoms with Gasteiger partial charge in [0.25, 0.3) is 0 Å². The molecule has 2 heteroatoms. The van der Waals surface area contributed by atoms with Gasteiger partial charge in [-0.25, -0.2) is 0 Å². The molecule has 1 rings (SSSR count). The quantitative estimate of drug-likeness (QED) is 0.678. The summed E-state index contributed by atoms with van der Waals surface area (Å²) in [5.41, 5.74) is 0.0446. The minimum absolute atomic E-state index is 0.0431. The van der Waals surface area contributed by atoms with Crippen LogP contribution in [0.4, 0.5) is 0 Å². The van der Waals surface area contributed by atoms with Crippen molar-refractivity contribution in [3.63, 3.8) is 0 Å². The lowest BCUT2D eigenvalue weighted by atomic mass is 9.85. The number of ketones is 1. The minimum atomic E-state index is 0.0431. The first kappa shape index (κ1) is 11.3. The van der Waals surface area contributed by atoms with Crippen molar-refractivity contribution >= 4 is 5.78 Å². The summed E-state index contributed by atoms with van der Waals surface area (Å²) in [6, 6.07) is 0. The zero-order chi connectivity index (χ0) is 10.8. The van der Waals surface area contributed by atoms with Gasteiger partial charge in [0.15, 0.2) is 5.78 Å². The van der Waals surface area contributed by atoms with Gasteiger partial charge in [0.1, 0.15) is 6.10 Å². The van der Waals surface area contributed by atoms with Crippen LogP contribution in [0.2, 0.25) is 0 Å². The Morgan fingerprint density at radius 1 is 1.50 bits per heavy atom. The van der Waals surface area contributed by atoms with Gasteiger partial charge in [-0.15, -0.1) is 0 Å². The lowest BCUT2D eigenvalue weighted by Gasteiger charge is -2.33. The summed E-state index contributed by atoms with van der Waals surface area (Å²) in [5.74, 6) is 1.07. The molecular formula is C12H20O2. The van der Waals surface area contributed by atoms with Crippen LogP contribution in [0.25, 0.3) is 0 Å². The Morgan fingerprint density at radius 2 is 2.14 bits per heavy atom. The van der Waals surface area contributed by atoms with Gasteiger partial charge >= 0.3 is 0 Å². The van der Waals surface area contributed by atoms with E-state index in [4.69, 9.17) is 4.74 Å². The molecular weight excluding hydrogens is 176 g/mol. The standard InChI is InChI=1S/C12H20O2/c1-5-6-10-7-9(13)8-11(14-10)12(2,3)4/h7,11H,5-6,8H2,1-4H3. The molecule has 0 aromatic rings. The van der Waals surface area contributed by atoms with Crippen LogP contribution in [-0.4, -0.2) is 11.9 Å². The molecule has 0 saturated carbocycles. The molecule has 0 bridgehead atoms. The van der Waals surface area contributed by atoms with E-state index in [0.717, 1.165) is 18.6 Å². The smallest absolute Gasteiger partial charge is 0.162 e. The van der Waals surface area contributed by atoms with Crippen molar-refractivity contribution in [2.24, 2.45) is 5.41 Å². The molecule has 0 aliphatic carbocycles. The van der Waals surface area contributed by atoms with Crippen LogP contribution >= 0.6 is 0 Å². The normalized spacial score (nSPS) is 23.0. The first-order valence-corrected chi connectivity index (χ1v) is 5.33. The van der Waals surface area contributed by atoms with Crippen LogP contribution in [0.3, 0.4) is 0 Å². The maximum Gasteiger partial charge on any atom is 0.162 e. The fourth-order valence-electron chi connectivity index (χ4n) is 1.54. The maximum absolute atomic E-state index is 11.4. The van der Waals surface area contributed by atoms with E-state index in [1.807, 2.05) is 0 Å². The molecule has 1 aliphatic rings. The minimum Gasteiger partial charge on any atom is -0.494 e. The fourth-order valence-corrected chi connectivity index (χ4v) is 1.54. The highest BCUT2D eigenvalue weighted by Gasteiger charge is 2.31. The average Bonchev–Trinajstić information content (AvgIpc) is 2.02. The van der Waals surface area contributed by atoms with Crippen molar-refractivity contribution in [3.8, 4) is 0 Å². The molecule has 1 atom stereocenters. The van der Waals surface area contributed by atoms with Crippen LogP contribution in [0, 0.1) is 5.41 Å². The number of allylic oxidation sites excluding steroid dienone is 2. The Kier molecular flexibility index (Phi) is 3.35. The van der Waals surface area contributed by atoms with E-state index < -0.39 is 0 Å². The number of carbonyl (C=O) groups is 1. The third-order valence-corrected chi connectivity index (χ3v) is 2.46. The largest absolute Gasteiger partial charge is 0.494 e. The molecule has 0 amide bonds. The molecule has 80 valence electrons. The lowest BCUT2D eigenvalue weighted by molar-refractivity contribution is -0.121. The summed E-state index contributed by atoms with van der Waals surface area (Å²) in [7, 11) is 0. The summed E-state index contributed by atoms with van der Waals surface area (Å²) in [4.78, 5) is 11.4. The highest BCUT2D eigenvalue weighted by Crippen LogP contribution is 2.31. The van der Waals surface area contributed by atoms with Gasteiger partial charge in [0.05, 0.1) is 5.76 Å². The van der Waals surface area contributed by atoms with E-state index in [1.54, 1.807) is 6.08 Å². The number of hydrogen-bond acceptors (Lipinski definition) is 2. The topological polar surface area (TPSA) is 26.3 Å². The first-order valence-electron chi connectivity index (χ1n) is 5.33. The molecule has 0 radical (unpaired) electrons. The lowest BCUT2D eigenvalue weighted by Crippen LogP contribution is -2.33. The van der Waals surface area contributed by atoms with Gasteiger partial charge < -0.3 is 4.74 Å². The monoisotopic (exact) mass is 196 g/mol. The Bertz CT molecular complexity index is 246. The molecule has 2 nitrogen and oxygen atoms in total. The molecule has 1 unspecified atom stereocenters. The predicted octanol–water partition coefficient (Wildman–Crippen LogP) is 3.07. The van der Waals surface area contributed by atoms with Crippen molar-refractivity contribution in [1.82, 2.24) is 0 Å². The molecule has 0 aromatic heterocycles. The summed E-state index contributed by atoms with van der Waals surface area (Å²) >= 11 is 0. The SMILES string of the molecule is CCCC1=CC(=O)CC(C(C)(C)C)O1. The summed E-state index contributed by atoms with van der Waals surface area (Å²) in [6.45, 7) is 8.43. The number of rotatable bonds is 2. The van der Waals surface area contributed by atoms with E-state index >= 15 is 0 Å². The van der Waals surface area contributed by atoms with Crippen molar-refractivity contribution in [3.05, 3.63) is 11.8 Å². The Labute approximate surface area is 86.3 Å². The molecule has 14 heavy (non-hydrogen) atoms. The number of ether oxygens (including phenoxy) is 1. The Hall–Kier alpha value is -0.790. The van der Waals surface area contributed by atoms with E-state index in [1.165, 1.54) is 0 Å². The molecule has 0 spiro atoms. The Morgan fingerprint density at radius 3 is 2.64 bits per heavy atom. The van der Waals surface area contributed by atoms with Gasteiger partial charge in [-0.1, -0.05) is 27.7 Å². The zero-order valence-electron chi connectivity index (χ0n) is 9.59. The van der Waals surface area contributed by atoms with Gasteiger partial charge in [0.2, 0.25) is 0 Å². The van der Waals surface area contributed by atoms with Crippen LogP contribution < -0.4 is 0 Å². The van der Waals surface area contributed by atoms with Crippen LogP contribution in [0.1, 0.15) is 47.0 Å². The summed E-state index contributed by atoms with van der Waals surface area (Å²) in [6.07, 6.45) is 4.12. The summed E-state index contributed by atoms with van der Waals surface area (Å²) in [5, 5.41) is 0. The Balaban J connectivity index is 2.71. The summed E-state index contributed by atoms with van der Waals surface area (Å²) < 4.78 is 5.80. The highest BCUT2D eigenvalue weighted by atomic mass is 16.5. The molecule has 1 heterocycles. The molecule has 0 saturated heterocycles. The second-order valence-corrected chi connectivity index (χ2v) is 5.00. The first-order chi connectivity index (χ1) is 6.43. The maximum atomic E-state index is 11.4. The van der Waals surface area contributed by atoms with E-state index in [-0.39, 0.29) is 17.3 Å². The van der Waals surface area contributed by atoms with Crippen molar-refractivity contribution in [2.45, 2.75) is 53.1 Å². The van der Waals surface area contributed by atoms with Gasteiger partial charge in [-0.05, 0) is 11.8 Å². The van der Waals surface area contributed by atoms with Crippen LogP contribution in [0.5, 0.6) is 0 Å². The zero-order valence-corrected chi connectivity index (χ0v) is 9.59. The molecule has 0 fully saturated rings. The second-order valence-electron chi connectivity index (χ2n) is 5.00. The van der Waals surface area contributed by atoms with E-state index in [0.29, 0.717) is 6.42 Å². The fraction of sp³-hybridized carbons (Fsp3) is 0.750. The average molecular weight is 196 g/mol. The van der Waals surface area contributed by atoms with E-state index in [9.17, 15) is 4.79 Å². The molecule has 0 aromatic carbocycles. The van der Waals surface area contributed by atoms with E-state index in [2.05, 4.69) is 27.7 Å². The molecule has 0 N–H and O–H groups in total. The molecule has 1 aliphatic heterocycles. The van der Waals surface area contributed by atoms with Gasteiger partial charge in [-0.2, -0.15) is 0 Å². The third kappa shape index (κ3) is 2.86. The number of hydrogen-bond donors (Lipinski definition) is 0. The van der Waals surface area contributed by atoms with Crippen molar-refractivity contribution in [1.29, 1.82) is 0 Å². The predicted molar refractivity (Wildman–Crippen MR) is 56.9 cm³/mol. The van der Waals surface area contributed by atoms with Crippen LogP contribution in [0.15, 0.2) is 11.8 Å².